The third kappa shape index (κ3) is 3.08. The molecule has 0 aliphatic heterocycles. The molecule has 0 spiro atoms. The Kier molecular flexibility index (Phi) is 4.01. The zero-order chi connectivity index (χ0) is 13.2. The molecule has 1 aromatic carbocycles. The standard InChI is InChI=1S/C11H9ClFNO2S2/c12-9-4-2-1-3-8(9)7-14-18(15,16)11-6-5-10(13)17-11/h1-6,14H,7H2. The van der Waals surface area contributed by atoms with E-state index in [1.54, 1.807) is 24.3 Å². The predicted octanol–water partition coefficient (Wildman–Crippen LogP) is 3.02. The second-order valence-electron chi connectivity index (χ2n) is 3.47. The molecule has 0 fully saturated rings. The average molecular weight is 306 g/mol. The number of rotatable bonds is 4. The van der Waals surface area contributed by atoms with Crippen LogP contribution in [0.1, 0.15) is 5.56 Å². The number of sulfonamides is 1. The third-order valence-electron chi connectivity index (χ3n) is 2.22. The summed E-state index contributed by atoms with van der Waals surface area (Å²) < 4.78 is 38.8. The number of benzene rings is 1. The van der Waals surface area contributed by atoms with Gasteiger partial charge in [-0.2, -0.15) is 4.39 Å². The molecular formula is C11H9ClFNO2S2. The van der Waals surface area contributed by atoms with E-state index in [1.165, 1.54) is 6.07 Å². The summed E-state index contributed by atoms with van der Waals surface area (Å²) in [6.07, 6.45) is 0. The van der Waals surface area contributed by atoms with Gasteiger partial charge in [0, 0.05) is 11.6 Å². The minimum atomic E-state index is -3.68. The number of hydrogen-bond acceptors (Lipinski definition) is 3. The van der Waals surface area contributed by atoms with Gasteiger partial charge in [0.15, 0.2) is 5.13 Å². The van der Waals surface area contributed by atoms with Gasteiger partial charge in [-0.15, -0.1) is 0 Å². The van der Waals surface area contributed by atoms with Crippen molar-refractivity contribution in [1.82, 2.24) is 4.72 Å². The lowest BCUT2D eigenvalue weighted by atomic mass is 10.2. The Balaban J connectivity index is 2.13. The van der Waals surface area contributed by atoms with Gasteiger partial charge >= 0.3 is 0 Å². The second-order valence-corrected chi connectivity index (χ2v) is 6.91. The normalized spacial score (nSPS) is 11.7. The van der Waals surface area contributed by atoms with Crippen molar-refractivity contribution in [2.24, 2.45) is 0 Å². The maximum atomic E-state index is 12.8. The van der Waals surface area contributed by atoms with E-state index in [0.29, 0.717) is 21.9 Å². The number of thiophene rings is 1. The van der Waals surface area contributed by atoms with Crippen molar-refractivity contribution in [1.29, 1.82) is 0 Å². The highest BCUT2D eigenvalue weighted by Crippen LogP contribution is 2.21. The highest BCUT2D eigenvalue weighted by Gasteiger charge is 2.16. The Morgan fingerprint density at radius 3 is 2.56 bits per heavy atom. The first-order valence-corrected chi connectivity index (χ1v) is 7.65. The van der Waals surface area contributed by atoms with E-state index in [9.17, 15) is 12.8 Å². The van der Waals surface area contributed by atoms with Crippen LogP contribution in [0.5, 0.6) is 0 Å². The van der Waals surface area contributed by atoms with E-state index >= 15 is 0 Å². The topological polar surface area (TPSA) is 46.2 Å². The molecule has 0 atom stereocenters. The number of halogens is 2. The summed E-state index contributed by atoms with van der Waals surface area (Å²) in [6.45, 7) is 0.0710. The highest BCUT2D eigenvalue weighted by molar-refractivity contribution is 7.91. The first-order valence-electron chi connectivity index (χ1n) is 4.97. The molecule has 2 rings (SSSR count). The van der Waals surface area contributed by atoms with Crippen molar-refractivity contribution in [2.75, 3.05) is 0 Å². The lowest BCUT2D eigenvalue weighted by molar-refractivity contribution is 0.583. The largest absolute Gasteiger partial charge is 0.250 e. The molecule has 0 aliphatic rings. The molecule has 0 bridgehead atoms. The molecule has 1 N–H and O–H groups in total. The first kappa shape index (κ1) is 13.5. The van der Waals surface area contributed by atoms with Gasteiger partial charge in [0.25, 0.3) is 0 Å². The molecular weight excluding hydrogens is 297 g/mol. The molecule has 0 radical (unpaired) electrons. The van der Waals surface area contributed by atoms with E-state index in [2.05, 4.69) is 4.72 Å². The summed E-state index contributed by atoms with van der Waals surface area (Å²) in [6, 6.07) is 9.27. The molecule has 0 saturated carbocycles. The zero-order valence-corrected chi connectivity index (χ0v) is 11.4. The Labute approximate surface area is 113 Å². The molecule has 7 heteroatoms. The quantitative estimate of drug-likeness (QED) is 0.944. The summed E-state index contributed by atoms with van der Waals surface area (Å²) in [5.74, 6) is 0. The monoisotopic (exact) mass is 305 g/mol. The Bertz CT molecular complexity index is 655. The van der Waals surface area contributed by atoms with E-state index < -0.39 is 15.2 Å². The van der Waals surface area contributed by atoms with Crippen LogP contribution in [-0.2, 0) is 16.6 Å². The van der Waals surface area contributed by atoms with Crippen molar-refractivity contribution in [3.05, 3.63) is 52.1 Å². The predicted molar refractivity (Wildman–Crippen MR) is 69.8 cm³/mol. The van der Waals surface area contributed by atoms with Crippen LogP contribution in [-0.4, -0.2) is 8.42 Å². The van der Waals surface area contributed by atoms with Crippen LogP contribution in [0.2, 0.25) is 5.02 Å². The maximum Gasteiger partial charge on any atom is 0.250 e. The minimum absolute atomic E-state index is 0.0490. The van der Waals surface area contributed by atoms with Gasteiger partial charge in [-0.3, -0.25) is 0 Å². The fourth-order valence-electron chi connectivity index (χ4n) is 1.33. The number of hydrogen-bond donors (Lipinski definition) is 1. The summed E-state index contributed by atoms with van der Waals surface area (Å²) in [7, 11) is -3.68. The Morgan fingerprint density at radius 1 is 1.22 bits per heavy atom. The molecule has 0 saturated heterocycles. The molecule has 1 heterocycles. The Morgan fingerprint density at radius 2 is 1.94 bits per heavy atom. The van der Waals surface area contributed by atoms with Crippen LogP contribution in [0.4, 0.5) is 4.39 Å². The second kappa shape index (κ2) is 5.36. The van der Waals surface area contributed by atoms with Crippen molar-refractivity contribution in [3.8, 4) is 0 Å². The summed E-state index contributed by atoms with van der Waals surface area (Å²) in [4.78, 5) is 0. The molecule has 3 nitrogen and oxygen atoms in total. The van der Waals surface area contributed by atoms with Gasteiger partial charge in [-0.25, -0.2) is 13.1 Å². The van der Waals surface area contributed by atoms with Crippen LogP contribution in [0, 0.1) is 5.13 Å². The number of nitrogens with one attached hydrogen (secondary N) is 1. The third-order valence-corrected chi connectivity index (χ3v) is 5.36. The minimum Gasteiger partial charge on any atom is -0.206 e. The average Bonchev–Trinajstić information content (AvgIpc) is 2.76. The summed E-state index contributed by atoms with van der Waals surface area (Å²) >= 11 is 6.49. The van der Waals surface area contributed by atoms with Gasteiger partial charge in [0.2, 0.25) is 10.0 Å². The SMILES string of the molecule is O=S(=O)(NCc1ccccc1Cl)c1ccc(F)s1. The molecule has 18 heavy (non-hydrogen) atoms. The van der Waals surface area contributed by atoms with Crippen molar-refractivity contribution in [2.45, 2.75) is 10.8 Å². The van der Waals surface area contributed by atoms with E-state index in [4.69, 9.17) is 11.6 Å². The molecule has 2 aromatic rings. The van der Waals surface area contributed by atoms with E-state index in [0.717, 1.165) is 6.07 Å². The van der Waals surface area contributed by atoms with Gasteiger partial charge < -0.3 is 0 Å². The van der Waals surface area contributed by atoms with Crippen LogP contribution in [0.3, 0.4) is 0 Å². The van der Waals surface area contributed by atoms with E-state index in [1.807, 2.05) is 0 Å². The van der Waals surface area contributed by atoms with Crippen LogP contribution in [0.25, 0.3) is 0 Å². The first-order chi connectivity index (χ1) is 8.49. The van der Waals surface area contributed by atoms with E-state index in [-0.39, 0.29) is 10.8 Å². The van der Waals surface area contributed by atoms with Crippen molar-refractivity contribution >= 4 is 33.0 Å². The maximum absolute atomic E-state index is 12.8. The molecule has 96 valence electrons. The molecule has 0 unspecified atom stereocenters. The smallest absolute Gasteiger partial charge is 0.206 e. The van der Waals surface area contributed by atoms with Gasteiger partial charge in [0.1, 0.15) is 4.21 Å². The zero-order valence-electron chi connectivity index (χ0n) is 9.06. The summed E-state index contributed by atoms with van der Waals surface area (Å²) in [5.41, 5.74) is 0.666. The van der Waals surface area contributed by atoms with Crippen molar-refractivity contribution in [3.63, 3.8) is 0 Å². The van der Waals surface area contributed by atoms with Gasteiger partial charge in [-0.05, 0) is 23.8 Å². The molecule has 0 aliphatic carbocycles. The Hall–Kier alpha value is -0.950. The lowest BCUT2D eigenvalue weighted by Gasteiger charge is -2.06. The van der Waals surface area contributed by atoms with Crippen LogP contribution >= 0.6 is 22.9 Å². The summed E-state index contributed by atoms with van der Waals surface area (Å²) in [5, 5.41) is -0.0503. The van der Waals surface area contributed by atoms with Crippen LogP contribution < -0.4 is 4.72 Å². The van der Waals surface area contributed by atoms with Crippen molar-refractivity contribution < 1.29 is 12.8 Å². The molecule has 1 aromatic heterocycles. The van der Waals surface area contributed by atoms with Gasteiger partial charge in [0.05, 0.1) is 0 Å². The van der Waals surface area contributed by atoms with Crippen LogP contribution in [0.15, 0.2) is 40.6 Å². The molecule has 0 amide bonds. The van der Waals surface area contributed by atoms with Gasteiger partial charge in [-0.1, -0.05) is 41.1 Å². The highest BCUT2D eigenvalue weighted by atomic mass is 35.5. The lowest BCUT2D eigenvalue weighted by Crippen LogP contribution is -2.22. The fourth-order valence-corrected chi connectivity index (χ4v) is 3.58. The fraction of sp³-hybridized carbons (Fsp3) is 0.0909.